The van der Waals surface area contributed by atoms with E-state index in [1.54, 1.807) is 30.0 Å². The van der Waals surface area contributed by atoms with Gasteiger partial charge in [-0.2, -0.15) is 0 Å². The molecule has 0 saturated carbocycles. The first-order chi connectivity index (χ1) is 14.3. The van der Waals surface area contributed by atoms with Crippen LogP contribution in [0.15, 0.2) is 58.4 Å². The molecule has 0 aliphatic carbocycles. The lowest BCUT2D eigenvalue weighted by Gasteiger charge is -2.17. The normalized spacial score (nSPS) is 13.1. The standard InChI is InChI=1S/C23H27ClN2O3S/c1-15(2)22(21(25-3)17-7-9-19(24)10-8-17)30-14-26-13-18(23(28)29)11-16-5-4-6-20(27)12-16/h4-10,12,15,18,26-27H,3,11,13-14H2,1-2H3,(H,28,29)/b22-21-. The first-order valence-electron chi connectivity index (χ1n) is 9.62. The molecule has 0 aliphatic rings. The summed E-state index contributed by atoms with van der Waals surface area (Å²) in [6.07, 6.45) is 0.346. The molecular formula is C23H27ClN2O3S. The Labute approximate surface area is 186 Å². The molecule has 2 aromatic carbocycles. The summed E-state index contributed by atoms with van der Waals surface area (Å²) in [5.41, 5.74) is 2.54. The van der Waals surface area contributed by atoms with Gasteiger partial charge in [0.05, 0.1) is 11.6 Å². The molecule has 2 aromatic rings. The molecule has 0 amide bonds. The molecule has 0 aromatic heterocycles. The molecule has 30 heavy (non-hydrogen) atoms. The zero-order valence-electron chi connectivity index (χ0n) is 17.1. The predicted molar refractivity (Wildman–Crippen MR) is 126 cm³/mol. The van der Waals surface area contributed by atoms with Crippen LogP contribution in [-0.2, 0) is 11.2 Å². The number of carboxylic acid groups (broad SMARTS) is 1. The Morgan fingerprint density at radius 3 is 2.50 bits per heavy atom. The number of aromatic hydroxyl groups is 1. The number of halogens is 1. The summed E-state index contributed by atoms with van der Waals surface area (Å²) in [5, 5.41) is 23.0. The molecule has 0 heterocycles. The summed E-state index contributed by atoms with van der Waals surface area (Å²) >= 11 is 7.58. The minimum atomic E-state index is -0.870. The Kier molecular flexibility index (Phi) is 9.43. The van der Waals surface area contributed by atoms with Crippen LogP contribution in [0.2, 0.25) is 5.02 Å². The van der Waals surface area contributed by atoms with Crippen molar-refractivity contribution in [3.63, 3.8) is 0 Å². The van der Waals surface area contributed by atoms with Crippen LogP contribution in [0.25, 0.3) is 5.70 Å². The van der Waals surface area contributed by atoms with Crippen molar-refractivity contribution >= 4 is 41.7 Å². The van der Waals surface area contributed by atoms with Crippen molar-refractivity contribution in [1.82, 2.24) is 5.32 Å². The number of rotatable bonds is 11. The number of benzene rings is 2. The van der Waals surface area contributed by atoms with Crippen LogP contribution in [0, 0.1) is 11.8 Å². The average molecular weight is 447 g/mol. The van der Waals surface area contributed by atoms with E-state index in [4.69, 9.17) is 11.6 Å². The molecule has 0 fully saturated rings. The van der Waals surface area contributed by atoms with Crippen LogP contribution in [-0.4, -0.2) is 35.3 Å². The van der Waals surface area contributed by atoms with Gasteiger partial charge in [-0.1, -0.05) is 49.7 Å². The van der Waals surface area contributed by atoms with E-state index in [9.17, 15) is 15.0 Å². The van der Waals surface area contributed by atoms with Crippen molar-refractivity contribution in [2.24, 2.45) is 16.8 Å². The van der Waals surface area contributed by atoms with Crippen LogP contribution in [0.5, 0.6) is 5.75 Å². The summed E-state index contributed by atoms with van der Waals surface area (Å²) < 4.78 is 0. The number of allylic oxidation sites excluding steroid dienone is 1. The summed E-state index contributed by atoms with van der Waals surface area (Å²) in [5.74, 6) is -0.546. The maximum absolute atomic E-state index is 11.6. The number of hydrogen-bond donors (Lipinski definition) is 3. The zero-order chi connectivity index (χ0) is 22.1. The third-order valence-electron chi connectivity index (χ3n) is 4.50. The second-order valence-electron chi connectivity index (χ2n) is 7.18. The molecule has 7 heteroatoms. The lowest BCUT2D eigenvalue weighted by molar-refractivity contribution is -0.141. The highest BCUT2D eigenvalue weighted by molar-refractivity contribution is 8.03. The first kappa shape index (κ1) is 24.0. The topological polar surface area (TPSA) is 81.9 Å². The molecule has 0 spiro atoms. The van der Waals surface area contributed by atoms with Crippen molar-refractivity contribution in [1.29, 1.82) is 0 Å². The third-order valence-corrected chi connectivity index (χ3v) is 6.07. The van der Waals surface area contributed by atoms with E-state index in [0.717, 1.165) is 21.7 Å². The number of phenolic OH excluding ortho intramolecular Hbond substituents is 1. The molecule has 1 unspecified atom stereocenters. The van der Waals surface area contributed by atoms with Crippen molar-refractivity contribution in [2.75, 3.05) is 12.4 Å². The van der Waals surface area contributed by atoms with E-state index < -0.39 is 11.9 Å². The fourth-order valence-corrected chi connectivity index (χ4v) is 4.16. The molecule has 5 nitrogen and oxygen atoms in total. The fourth-order valence-electron chi connectivity index (χ4n) is 3.00. The number of aliphatic carboxylic acids is 1. The molecule has 2 rings (SSSR count). The molecule has 160 valence electrons. The van der Waals surface area contributed by atoms with Gasteiger partial charge in [-0.15, -0.1) is 11.8 Å². The largest absolute Gasteiger partial charge is 0.508 e. The van der Waals surface area contributed by atoms with Gasteiger partial charge in [-0.3, -0.25) is 9.79 Å². The van der Waals surface area contributed by atoms with Crippen LogP contribution in [0.1, 0.15) is 25.0 Å². The molecule has 3 N–H and O–H groups in total. The number of carboxylic acids is 1. The van der Waals surface area contributed by atoms with Gasteiger partial charge in [-0.05, 0) is 48.9 Å². The lowest BCUT2D eigenvalue weighted by Crippen LogP contribution is -2.30. The van der Waals surface area contributed by atoms with E-state index in [-0.39, 0.29) is 11.7 Å². The molecular weight excluding hydrogens is 420 g/mol. The number of aliphatic imine (C=N–C) groups is 1. The number of nitrogens with zero attached hydrogens (tertiary/aromatic N) is 1. The number of phenols is 1. The molecule has 0 bridgehead atoms. The summed E-state index contributed by atoms with van der Waals surface area (Å²) in [7, 11) is 0. The highest BCUT2D eigenvalue weighted by Gasteiger charge is 2.19. The van der Waals surface area contributed by atoms with Gasteiger partial charge >= 0.3 is 5.97 Å². The van der Waals surface area contributed by atoms with Crippen LogP contribution in [0.3, 0.4) is 0 Å². The molecule has 0 saturated heterocycles. The summed E-state index contributed by atoms with van der Waals surface area (Å²) in [4.78, 5) is 16.9. The van der Waals surface area contributed by atoms with E-state index >= 15 is 0 Å². The Morgan fingerprint density at radius 2 is 1.93 bits per heavy atom. The van der Waals surface area contributed by atoms with Crippen molar-refractivity contribution < 1.29 is 15.0 Å². The van der Waals surface area contributed by atoms with Gasteiger partial charge in [-0.25, -0.2) is 0 Å². The quantitative estimate of drug-likeness (QED) is 0.248. The average Bonchev–Trinajstić information content (AvgIpc) is 2.70. The SMILES string of the molecule is C=N/C(=C(\SCNCC(Cc1cccc(O)c1)C(=O)O)C(C)C)c1ccc(Cl)cc1. The van der Waals surface area contributed by atoms with Gasteiger partial charge in [0.15, 0.2) is 0 Å². The maximum Gasteiger partial charge on any atom is 0.308 e. The van der Waals surface area contributed by atoms with Crippen LogP contribution in [0.4, 0.5) is 0 Å². The Hall–Kier alpha value is -2.28. The number of hydrogen-bond acceptors (Lipinski definition) is 5. The van der Waals surface area contributed by atoms with Crippen molar-refractivity contribution in [2.45, 2.75) is 20.3 Å². The van der Waals surface area contributed by atoms with Gasteiger partial charge in [0.1, 0.15) is 5.75 Å². The Bertz CT molecular complexity index is 898. The van der Waals surface area contributed by atoms with Crippen molar-refractivity contribution in [3.8, 4) is 5.75 Å². The minimum absolute atomic E-state index is 0.138. The minimum Gasteiger partial charge on any atom is -0.508 e. The van der Waals surface area contributed by atoms with Gasteiger partial charge in [0, 0.05) is 27.9 Å². The predicted octanol–water partition coefficient (Wildman–Crippen LogP) is 5.29. The van der Waals surface area contributed by atoms with Crippen molar-refractivity contribution in [3.05, 3.63) is 69.6 Å². The highest BCUT2D eigenvalue weighted by Crippen LogP contribution is 2.33. The summed E-state index contributed by atoms with van der Waals surface area (Å²) in [6, 6.07) is 14.2. The molecule has 1 atom stereocenters. The number of nitrogens with one attached hydrogen (secondary N) is 1. The molecule has 0 aliphatic heterocycles. The number of carbonyl (C=O) groups is 1. The van der Waals surface area contributed by atoms with Crippen LogP contribution >= 0.6 is 23.4 Å². The number of thioether (sulfide) groups is 1. The second kappa shape index (κ2) is 11.8. The Morgan fingerprint density at radius 1 is 1.23 bits per heavy atom. The first-order valence-corrected chi connectivity index (χ1v) is 11.0. The van der Waals surface area contributed by atoms with Gasteiger partial charge < -0.3 is 15.5 Å². The lowest BCUT2D eigenvalue weighted by atomic mass is 9.99. The van der Waals surface area contributed by atoms with E-state index in [1.807, 2.05) is 30.3 Å². The summed E-state index contributed by atoms with van der Waals surface area (Å²) in [6.45, 7) is 8.22. The van der Waals surface area contributed by atoms with E-state index in [1.165, 1.54) is 0 Å². The zero-order valence-corrected chi connectivity index (χ0v) is 18.7. The maximum atomic E-state index is 11.6. The van der Waals surface area contributed by atoms with E-state index in [2.05, 4.69) is 30.9 Å². The highest BCUT2D eigenvalue weighted by atomic mass is 35.5. The fraction of sp³-hybridized carbons (Fsp3) is 0.304. The van der Waals surface area contributed by atoms with Gasteiger partial charge in [0.2, 0.25) is 0 Å². The smallest absolute Gasteiger partial charge is 0.308 e. The van der Waals surface area contributed by atoms with Gasteiger partial charge in [0.25, 0.3) is 0 Å². The monoisotopic (exact) mass is 446 g/mol. The van der Waals surface area contributed by atoms with E-state index in [0.29, 0.717) is 23.9 Å². The Balaban J connectivity index is 2.02. The van der Waals surface area contributed by atoms with Crippen LogP contribution < -0.4 is 5.32 Å². The second-order valence-corrected chi connectivity index (χ2v) is 8.64. The molecule has 0 radical (unpaired) electrons. The third kappa shape index (κ3) is 7.20.